The van der Waals surface area contributed by atoms with Crippen LogP contribution in [0.2, 0.25) is 5.02 Å². The topological polar surface area (TPSA) is 139 Å². The Hall–Kier alpha value is -3.06. The molecule has 0 bridgehead atoms. The Balaban J connectivity index is 1.72. The minimum absolute atomic E-state index is 0.0374. The highest BCUT2D eigenvalue weighted by molar-refractivity contribution is 8.18. The molecule has 0 spiro atoms. The number of nitro groups is 1. The average molecular weight is 524 g/mol. The average Bonchev–Trinajstić information content (AvgIpc) is 3.05. The van der Waals surface area contributed by atoms with Crippen LogP contribution in [0.15, 0.2) is 46.2 Å². The first-order valence-electron chi connectivity index (χ1n) is 9.64. The Morgan fingerprint density at radius 3 is 2.74 bits per heavy atom. The van der Waals surface area contributed by atoms with Crippen molar-refractivity contribution in [2.45, 2.75) is 4.90 Å². The number of nitrogens with zero attached hydrogens (tertiary/aromatic N) is 2. The van der Waals surface area contributed by atoms with Crippen molar-refractivity contribution in [3.05, 3.63) is 62.0 Å². The molecule has 2 N–H and O–H groups in total. The lowest BCUT2D eigenvalue weighted by molar-refractivity contribution is -0.387. The van der Waals surface area contributed by atoms with E-state index in [4.69, 9.17) is 21.4 Å². The van der Waals surface area contributed by atoms with Crippen LogP contribution in [0.4, 0.5) is 16.2 Å². The summed E-state index contributed by atoms with van der Waals surface area (Å²) in [6.07, 6.45) is 1.36. The molecule has 178 valence electrons. The molecule has 0 aromatic heterocycles. The summed E-state index contributed by atoms with van der Waals surface area (Å²) < 4.78 is 5.05. The molecule has 1 aliphatic heterocycles. The van der Waals surface area contributed by atoms with Gasteiger partial charge in [-0.3, -0.25) is 29.4 Å². The summed E-state index contributed by atoms with van der Waals surface area (Å²) >= 11 is 7.80. The fourth-order valence-corrected chi connectivity index (χ4v) is 4.77. The molecular formula is C21H18ClN3O7S2. The molecule has 0 unspecified atom stereocenters. The quantitative estimate of drug-likeness (QED) is 0.216. The lowest BCUT2D eigenvalue weighted by atomic mass is 10.2. The number of hydrogen-bond acceptors (Lipinski definition) is 9. The number of aliphatic hydroxyl groups is 1. The lowest BCUT2D eigenvalue weighted by Crippen LogP contribution is -2.36. The summed E-state index contributed by atoms with van der Waals surface area (Å²) in [5, 5.41) is 22.5. The Morgan fingerprint density at radius 2 is 2.09 bits per heavy atom. The number of nitro benzene ring substituents is 1. The number of hydrogen-bond donors (Lipinski definition) is 2. The number of thioether (sulfide) groups is 2. The minimum Gasteiger partial charge on any atom is -0.495 e. The summed E-state index contributed by atoms with van der Waals surface area (Å²) in [7, 11) is 1.45. The van der Waals surface area contributed by atoms with E-state index >= 15 is 0 Å². The first kappa shape index (κ1) is 25.6. The van der Waals surface area contributed by atoms with Crippen LogP contribution in [0.5, 0.6) is 5.75 Å². The van der Waals surface area contributed by atoms with E-state index in [0.717, 1.165) is 16.7 Å². The van der Waals surface area contributed by atoms with Gasteiger partial charge in [-0.15, -0.1) is 11.8 Å². The fraction of sp³-hybridized carbons (Fsp3) is 0.190. The summed E-state index contributed by atoms with van der Waals surface area (Å²) in [6.45, 7) is -0.641. The van der Waals surface area contributed by atoms with Crippen LogP contribution in [0.3, 0.4) is 0 Å². The second kappa shape index (κ2) is 11.4. The molecule has 2 aromatic carbocycles. The smallest absolute Gasteiger partial charge is 0.294 e. The molecule has 1 heterocycles. The molecule has 0 aliphatic carbocycles. The predicted molar refractivity (Wildman–Crippen MR) is 130 cm³/mol. The SMILES string of the molecule is COc1ccc(NC(=O)CN2C(=O)S/C(=C\c3ccc(SCCO)c([N+](=O)[O-])c3)C2=O)cc1Cl. The normalized spacial score (nSPS) is 14.6. The third kappa shape index (κ3) is 6.08. The van der Waals surface area contributed by atoms with Gasteiger partial charge >= 0.3 is 0 Å². The summed E-state index contributed by atoms with van der Waals surface area (Å²) in [4.78, 5) is 49.4. The van der Waals surface area contributed by atoms with Crippen LogP contribution >= 0.6 is 35.1 Å². The number of ether oxygens (including phenoxy) is 1. The van der Waals surface area contributed by atoms with E-state index in [0.29, 0.717) is 39.4 Å². The Bertz CT molecular complexity index is 1190. The standard InChI is InChI=1S/C21H18ClN3O7S2/c1-32-16-4-3-13(10-14(16)22)23-19(27)11-24-20(28)18(34-21(24)29)9-12-2-5-17(33-7-6-26)15(8-12)25(30)31/h2-5,8-10,26H,6-7,11H2,1H3,(H,23,27)/b18-9-. The van der Waals surface area contributed by atoms with E-state index in [1.807, 2.05) is 0 Å². The number of amides is 3. The van der Waals surface area contributed by atoms with E-state index in [9.17, 15) is 24.5 Å². The molecule has 10 nitrogen and oxygen atoms in total. The van der Waals surface area contributed by atoms with E-state index in [1.54, 1.807) is 18.2 Å². The van der Waals surface area contributed by atoms with Crippen molar-refractivity contribution < 1.29 is 29.2 Å². The Kier molecular flexibility index (Phi) is 8.56. The zero-order chi connectivity index (χ0) is 24.8. The van der Waals surface area contributed by atoms with Crippen LogP contribution in [0.25, 0.3) is 6.08 Å². The second-order valence-electron chi connectivity index (χ2n) is 6.72. The van der Waals surface area contributed by atoms with Gasteiger partial charge < -0.3 is 15.2 Å². The molecular weight excluding hydrogens is 506 g/mol. The maximum absolute atomic E-state index is 12.7. The molecule has 1 saturated heterocycles. The van der Waals surface area contributed by atoms with Gasteiger partial charge in [-0.1, -0.05) is 17.7 Å². The molecule has 1 fully saturated rings. The van der Waals surface area contributed by atoms with Crippen LogP contribution in [-0.2, 0) is 9.59 Å². The van der Waals surface area contributed by atoms with E-state index in [-0.39, 0.29) is 22.2 Å². The van der Waals surface area contributed by atoms with Gasteiger partial charge in [-0.05, 0) is 47.7 Å². The molecule has 1 aliphatic rings. The molecule has 3 rings (SSSR count). The van der Waals surface area contributed by atoms with Gasteiger partial charge in [0.15, 0.2) is 0 Å². The highest BCUT2D eigenvalue weighted by Gasteiger charge is 2.36. The number of benzene rings is 2. The van der Waals surface area contributed by atoms with Gasteiger partial charge in [-0.2, -0.15) is 0 Å². The van der Waals surface area contributed by atoms with Gasteiger partial charge in [0.25, 0.3) is 16.8 Å². The molecule has 0 radical (unpaired) electrons. The molecule has 2 aromatic rings. The van der Waals surface area contributed by atoms with Crippen molar-refractivity contribution in [3.8, 4) is 5.75 Å². The largest absolute Gasteiger partial charge is 0.495 e. The summed E-state index contributed by atoms with van der Waals surface area (Å²) in [6, 6.07) is 8.97. The first-order chi connectivity index (χ1) is 16.2. The van der Waals surface area contributed by atoms with Crippen LogP contribution < -0.4 is 10.1 Å². The van der Waals surface area contributed by atoms with Crippen LogP contribution in [-0.4, -0.2) is 58.0 Å². The number of methoxy groups -OCH3 is 1. The summed E-state index contributed by atoms with van der Waals surface area (Å²) in [5.41, 5.74) is 0.539. The van der Waals surface area contributed by atoms with Crippen molar-refractivity contribution >= 4 is 69.6 Å². The third-order valence-electron chi connectivity index (χ3n) is 4.44. The minimum atomic E-state index is -0.681. The van der Waals surface area contributed by atoms with Crippen molar-refractivity contribution in [2.24, 2.45) is 0 Å². The molecule has 34 heavy (non-hydrogen) atoms. The van der Waals surface area contributed by atoms with Crippen molar-refractivity contribution in [1.82, 2.24) is 4.90 Å². The third-order valence-corrected chi connectivity index (χ3v) is 6.68. The highest BCUT2D eigenvalue weighted by Crippen LogP contribution is 2.35. The number of rotatable bonds is 9. The van der Waals surface area contributed by atoms with Gasteiger partial charge in [0.05, 0.1) is 33.5 Å². The second-order valence-corrected chi connectivity index (χ2v) is 9.26. The Labute approximate surface area is 207 Å². The van der Waals surface area contributed by atoms with Gasteiger partial charge in [0.1, 0.15) is 12.3 Å². The van der Waals surface area contributed by atoms with Crippen LogP contribution in [0.1, 0.15) is 5.56 Å². The predicted octanol–water partition coefficient (Wildman–Crippen LogP) is 4.02. The molecule has 0 atom stereocenters. The van der Waals surface area contributed by atoms with Crippen molar-refractivity contribution in [1.29, 1.82) is 0 Å². The van der Waals surface area contributed by atoms with E-state index in [2.05, 4.69) is 5.32 Å². The Morgan fingerprint density at radius 1 is 1.32 bits per heavy atom. The van der Waals surface area contributed by atoms with Gasteiger partial charge in [0, 0.05) is 17.5 Å². The first-order valence-corrected chi connectivity index (χ1v) is 11.8. The van der Waals surface area contributed by atoms with E-state index < -0.39 is 28.5 Å². The number of imide groups is 1. The van der Waals surface area contributed by atoms with Gasteiger partial charge in [-0.25, -0.2) is 0 Å². The monoisotopic (exact) mass is 523 g/mol. The summed E-state index contributed by atoms with van der Waals surface area (Å²) in [5.74, 6) is -0.565. The maximum Gasteiger partial charge on any atom is 0.294 e. The fourth-order valence-electron chi connectivity index (χ4n) is 2.92. The number of carbonyl (C=O) groups is 3. The zero-order valence-electron chi connectivity index (χ0n) is 17.6. The maximum atomic E-state index is 12.7. The highest BCUT2D eigenvalue weighted by atomic mass is 35.5. The molecule has 0 saturated carbocycles. The number of aliphatic hydroxyl groups excluding tert-OH is 1. The van der Waals surface area contributed by atoms with Crippen molar-refractivity contribution in [2.75, 3.05) is 31.3 Å². The number of halogens is 1. The van der Waals surface area contributed by atoms with Crippen LogP contribution in [0, 0.1) is 10.1 Å². The molecule has 3 amide bonds. The number of anilines is 1. The van der Waals surface area contributed by atoms with Crippen molar-refractivity contribution in [3.63, 3.8) is 0 Å². The zero-order valence-corrected chi connectivity index (χ0v) is 20.0. The molecule has 13 heteroatoms. The number of carbonyl (C=O) groups excluding carboxylic acids is 3. The van der Waals surface area contributed by atoms with E-state index in [1.165, 1.54) is 31.4 Å². The number of nitrogens with one attached hydrogen (secondary N) is 1. The van der Waals surface area contributed by atoms with Gasteiger partial charge in [0.2, 0.25) is 5.91 Å². The lowest BCUT2D eigenvalue weighted by Gasteiger charge is -2.13.